The molecule has 2 aromatic heterocycles. The minimum absolute atomic E-state index is 0.595. The fourth-order valence-corrected chi connectivity index (χ4v) is 2.03. The van der Waals surface area contributed by atoms with E-state index in [0.717, 1.165) is 22.6 Å². The summed E-state index contributed by atoms with van der Waals surface area (Å²) in [6, 6.07) is 1.96. The van der Waals surface area contributed by atoms with E-state index in [4.69, 9.17) is 4.74 Å². The molecule has 0 radical (unpaired) electrons. The highest BCUT2D eigenvalue weighted by Gasteiger charge is 2.13. The Balaban J connectivity index is 2.26. The van der Waals surface area contributed by atoms with E-state index in [9.17, 15) is 0 Å². The molecule has 0 saturated heterocycles. The summed E-state index contributed by atoms with van der Waals surface area (Å²) >= 11 is 0. The van der Waals surface area contributed by atoms with E-state index >= 15 is 0 Å². The Labute approximate surface area is 119 Å². The lowest BCUT2D eigenvalue weighted by atomic mass is 10.2. The van der Waals surface area contributed by atoms with E-state index in [0.29, 0.717) is 12.4 Å². The van der Waals surface area contributed by atoms with Gasteiger partial charge in [0.05, 0.1) is 19.0 Å². The van der Waals surface area contributed by atoms with Crippen LogP contribution in [0.3, 0.4) is 0 Å². The molecule has 108 valence electrons. The van der Waals surface area contributed by atoms with Gasteiger partial charge in [0.2, 0.25) is 5.88 Å². The molecular weight excluding hydrogens is 254 g/mol. The second kappa shape index (κ2) is 5.81. The number of pyridine rings is 1. The molecule has 6 heteroatoms. The molecule has 0 spiro atoms. The minimum atomic E-state index is 0.595. The highest BCUT2D eigenvalue weighted by atomic mass is 16.5. The Hall–Kier alpha value is -2.24. The van der Waals surface area contributed by atoms with Crippen LogP contribution in [0.1, 0.15) is 11.3 Å². The maximum absolute atomic E-state index is 5.34. The van der Waals surface area contributed by atoms with Crippen molar-refractivity contribution in [1.29, 1.82) is 0 Å². The summed E-state index contributed by atoms with van der Waals surface area (Å²) in [5.41, 5.74) is 4.23. The molecule has 2 rings (SSSR count). The van der Waals surface area contributed by atoms with Gasteiger partial charge in [-0.25, -0.2) is 4.98 Å². The molecule has 0 fully saturated rings. The lowest BCUT2D eigenvalue weighted by molar-refractivity contribution is 0.400. The zero-order valence-corrected chi connectivity index (χ0v) is 12.6. The molecule has 0 aliphatic carbocycles. The number of rotatable bonds is 5. The van der Waals surface area contributed by atoms with Gasteiger partial charge < -0.3 is 15.0 Å². The van der Waals surface area contributed by atoms with Crippen molar-refractivity contribution in [1.82, 2.24) is 14.8 Å². The maximum Gasteiger partial charge on any atom is 0.239 e. The van der Waals surface area contributed by atoms with Crippen molar-refractivity contribution in [2.24, 2.45) is 7.05 Å². The molecule has 0 aliphatic heterocycles. The highest BCUT2D eigenvalue weighted by molar-refractivity contribution is 5.74. The number of methoxy groups -OCH3 is 1. The first kappa shape index (κ1) is 14.2. The third kappa shape index (κ3) is 2.68. The zero-order chi connectivity index (χ0) is 14.7. The number of ether oxygens (including phenoxy) is 1. The van der Waals surface area contributed by atoms with Gasteiger partial charge in [-0.1, -0.05) is 0 Å². The van der Waals surface area contributed by atoms with Gasteiger partial charge in [0.1, 0.15) is 5.69 Å². The predicted molar refractivity (Wildman–Crippen MR) is 80.4 cm³/mol. The van der Waals surface area contributed by atoms with E-state index in [1.165, 1.54) is 0 Å². The lowest BCUT2D eigenvalue weighted by Crippen LogP contribution is -2.13. The largest absolute Gasteiger partial charge is 0.479 e. The van der Waals surface area contributed by atoms with Crippen LogP contribution in [0, 0.1) is 6.92 Å². The van der Waals surface area contributed by atoms with Gasteiger partial charge in [-0.2, -0.15) is 5.10 Å². The van der Waals surface area contributed by atoms with Crippen LogP contribution in [0.15, 0.2) is 18.5 Å². The lowest BCUT2D eigenvalue weighted by Gasteiger charge is -2.19. The molecule has 0 amide bonds. The topological polar surface area (TPSA) is 55.2 Å². The first-order valence-corrected chi connectivity index (χ1v) is 6.46. The normalized spacial score (nSPS) is 10.4. The molecule has 0 aliphatic rings. The number of hydrogen-bond donors (Lipinski definition) is 1. The predicted octanol–water partition coefficient (Wildman–Crippen LogP) is 1.81. The van der Waals surface area contributed by atoms with Crippen molar-refractivity contribution < 1.29 is 4.74 Å². The van der Waals surface area contributed by atoms with E-state index in [1.807, 2.05) is 43.0 Å². The third-order valence-electron chi connectivity index (χ3n) is 3.36. The number of anilines is 2. The zero-order valence-electron chi connectivity index (χ0n) is 12.6. The Morgan fingerprint density at radius 2 is 2.15 bits per heavy atom. The fraction of sp³-hybridized carbons (Fsp3) is 0.429. The summed E-state index contributed by atoms with van der Waals surface area (Å²) in [5.74, 6) is 0.595. The van der Waals surface area contributed by atoms with Crippen molar-refractivity contribution in [2.75, 3.05) is 31.4 Å². The summed E-state index contributed by atoms with van der Waals surface area (Å²) in [5, 5.41) is 7.65. The molecular formula is C14H21N5O. The number of nitrogens with one attached hydrogen (secondary N) is 1. The molecule has 20 heavy (non-hydrogen) atoms. The molecule has 0 saturated carbocycles. The Bertz CT molecular complexity index is 591. The molecule has 0 bridgehead atoms. The van der Waals surface area contributed by atoms with Crippen molar-refractivity contribution in [3.05, 3.63) is 29.7 Å². The fourth-order valence-electron chi connectivity index (χ4n) is 2.03. The smallest absolute Gasteiger partial charge is 0.239 e. The first-order valence-electron chi connectivity index (χ1n) is 6.46. The van der Waals surface area contributed by atoms with Gasteiger partial charge in [0.15, 0.2) is 0 Å². The molecule has 0 atom stereocenters. The first-order chi connectivity index (χ1) is 9.54. The van der Waals surface area contributed by atoms with Crippen LogP contribution >= 0.6 is 0 Å². The summed E-state index contributed by atoms with van der Waals surface area (Å²) in [4.78, 5) is 6.28. The van der Waals surface area contributed by atoms with Crippen LogP contribution in [-0.4, -0.2) is 36.0 Å². The highest BCUT2D eigenvalue weighted by Crippen LogP contribution is 2.32. The Morgan fingerprint density at radius 1 is 1.40 bits per heavy atom. The molecule has 0 aromatic carbocycles. The van der Waals surface area contributed by atoms with Gasteiger partial charge in [0, 0.05) is 45.1 Å². The van der Waals surface area contributed by atoms with Gasteiger partial charge in [0.25, 0.3) is 0 Å². The quantitative estimate of drug-likeness (QED) is 0.902. The Kier molecular flexibility index (Phi) is 4.12. The summed E-state index contributed by atoms with van der Waals surface area (Å²) in [6.45, 7) is 2.74. The molecule has 0 unspecified atom stereocenters. The SMILES string of the molecule is COc1nccc(N(C)C)c1NCc1cnn(C)c1C. The van der Waals surface area contributed by atoms with Crippen molar-refractivity contribution in [2.45, 2.75) is 13.5 Å². The van der Waals surface area contributed by atoms with Crippen molar-refractivity contribution in [3.8, 4) is 5.88 Å². The van der Waals surface area contributed by atoms with Crippen LogP contribution in [0.25, 0.3) is 0 Å². The number of hydrogen-bond acceptors (Lipinski definition) is 5. The van der Waals surface area contributed by atoms with Crippen LogP contribution in [0.2, 0.25) is 0 Å². The number of aromatic nitrogens is 3. The van der Waals surface area contributed by atoms with Gasteiger partial charge in [-0.3, -0.25) is 4.68 Å². The monoisotopic (exact) mass is 275 g/mol. The average Bonchev–Trinajstić information content (AvgIpc) is 2.76. The van der Waals surface area contributed by atoms with Gasteiger partial charge in [-0.15, -0.1) is 0 Å². The summed E-state index contributed by atoms with van der Waals surface area (Å²) < 4.78 is 7.20. The van der Waals surface area contributed by atoms with E-state index in [2.05, 4.69) is 22.3 Å². The summed E-state index contributed by atoms with van der Waals surface area (Å²) in [7, 11) is 7.56. The van der Waals surface area contributed by atoms with E-state index in [1.54, 1.807) is 13.3 Å². The molecule has 2 aromatic rings. The second-order valence-electron chi connectivity index (χ2n) is 4.84. The van der Waals surface area contributed by atoms with Crippen LogP contribution in [0.5, 0.6) is 5.88 Å². The number of nitrogens with zero attached hydrogens (tertiary/aromatic N) is 4. The van der Waals surface area contributed by atoms with Crippen molar-refractivity contribution in [3.63, 3.8) is 0 Å². The van der Waals surface area contributed by atoms with Gasteiger partial charge >= 0.3 is 0 Å². The molecule has 1 N–H and O–H groups in total. The van der Waals surface area contributed by atoms with Crippen LogP contribution in [0.4, 0.5) is 11.4 Å². The maximum atomic E-state index is 5.34. The number of aryl methyl sites for hydroxylation is 1. The summed E-state index contributed by atoms with van der Waals surface area (Å²) in [6.07, 6.45) is 3.62. The van der Waals surface area contributed by atoms with Gasteiger partial charge in [-0.05, 0) is 13.0 Å². The second-order valence-corrected chi connectivity index (χ2v) is 4.84. The third-order valence-corrected chi connectivity index (χ3v) is 3.36. The molecule has 6 nitrogen and oxygen atoms in total. The minimum Gasteiger partial charge on any atom is -0.479 e. The van der Waals surface area contributed by atoms with Crippen molar-refractivity contribution >= 4 is 11.4 Å². The van der Waals surface area contributed by atoms with Crippen LogP contribution < -0.4 is 15.0 Å². The van der Waals surface area contributed by atoms with E-state index in [-0.39, 0.29) is 0 Å². The Morgan fingerprint density at radius 3 is 2.70 bits per heavy atom. The standard InChI is InChI=1S/C14H21N5O/c1-10-11(9-17-19(10)4)8-16-13-12(18(2)3)6-7-15-14(13)20-5/h6-7,9,16H,8H2,1-5H3. The average molecular weight is 275 g/mol. The molecule has 2 heterocycles. The van der Waals surface area contributed by atoms with Crippen LogP contribution in [-0.2, 0) is 13.6 Å². The van der Waals surface area contributed by atoms with E-state index < -0.39 is 0 Å².